The minimum Gasteiger partial charge on any atom is -0.480 e. The zero-order valence-corrected chi connectivity index (χ0v) is 10.6. The van der Waals surface area contributed by atoms with Crippen molar-refractivity contribution < 1.29 is 18.3 Å². The molecule has 6 heteroatoms. The number of rotatable bonds is 4. The third-order valence-corrected chi connectivity index (χ3v) is 4.80. The van der Waals surface area contributed by atoms with Crippen LogP contribution in [0, 0.1) is 0 Å². The number of aliphatic carboxylic acids is 1. The first kappa shape index (κ1) is 13.0. The highest BCUT2D eigenvalue weighted by Crippen LogP contribution is 2.31. The number of sulfonamides is 1. The second-order valence-electron chi connectivity index (χ2n) is 4.51. The largest absolute Gasteiger partial charge is 0.480 e. The molecule has 0 heterocycles. The number of carboxylic acid groups (broad SMARTS) is 1. The fourth-order valence-electron chi connectivity index (χ4n) is 2.25. The molecule has 0 atom stereocenters. The van der Waals surface area contributed by atoms with Crippen molar-refractivity contribution in [2.75, 3.05) is 0 Å². The molecule has 1 saturated carbocycles. The van der Waals surface area contributed by atoms with Gasteiger partial charge in [0.15, 0.2) is 0 Å². The molecule has 0 aromatic heterocycles. The molecule has 0 unspecified atom stereocenters. The van der Waals surface area contributed by atoms with Gasteiger partial charge in [-0.3, -0.25) is 4.79 Å². The molecule has 1 aromatic carbocycles. The highest BCUT2D eigenvalue weighted by atomic mass is 32.2. The first-order valence-corrected chi connectivity index (χ1v) is 7.27. The smallest absolute Gasteiger partial charge is 0.324 e. The second kappa shape index (κ2) is 4.70. The zero-order valence-electron chi connectivity index (χ0n) is 9.80. The Bertz CT molecular complexity index is 532. The van der Waals surface area contributed by atoms with E-state index in [1.165, 1.54) is 12.1 Å². The second-order valence-corrected chi connectivity index (χ2v) is 6.20. The molecule has 1 aliphatic rings. The number of nitrogens with one attached hydrogen (secondary N) is 1. The standard InChI is InChI=1S/C12H15NO4S/c14-11(15)12(8-4-5-9-12)13-18(16,17)10-6-2-1-3-7-10/h1-3,6-7,13H,4-5,8-9H2,(H,14,15). The van der Waals surface area contributed by atoms with Gasteiger partial charge in [0.05, 0.1) is 4.90 Å². The van der Waals surface area contributed by atoms with Crippen molar-refractivity contribution in [3.8, 4) is 0 Å². The van der Waals surface area contributed by atoms with E-state index in [1.54, 1.807) is 18.2 Å². The molecule has 0 amide bonds. The molecule has 0 bridgehead atoms. The maximum Gasteiger partial charge on any atom is 0.324 e. The Kier molecular flexibility index (Phi) is 3.41. The highest BCUT2D eigenvalue weighted by Gasteiger charge is 2.44. The van der Waals surface area contributed by atoms with Crippen molar-refractivity contribution in [2.24, 2.45) is 0 Å². The van der Waals surface area contributed by atoms with Gasteiger partial charge in [-0.25, -0.2) is 8.42 Å². The van der Waals surface area contributed by atoms with Crippen molar-refractivity contribution in [3.05, 3.63) is 30.3 Å². The summed E-state index contributed by atoms with van der Waals surface area (Å²) in [5, 5.41) is 9.25. The monoisotopic (exact) mass is 269 g/mol. The third-order valence-electron chi connectivity index (χ3n) is 3.25. The number of hydrogen-bond donors (Lipinski definition) is 2. The Morgan fingerprint density at radius 3 is 2.22 bits per heavy atom. The summed E-state index contributed by atoms with van der Waals surface area (Å²) < 4.78 is 26.6. The first-order chi connectivity index (χ1) is 8.46. The van der Waals surface area contributed by atoms with Crippen molar-refractivity contribution >= 4 is 16.0 Å². The fourth-order valence-corrected chi connectivity index (χ4v) is 3.69. The lowest BCUT2D eigenvalue weighted by atomic mass is 10.0. The lowest BCUT2D eigenvalue weighted by Crippen LogP contribution is -2.52. The molecular formula is C12H15NO4S. The Morgan fingerprint density at radius 2 is 1.72 bits per heavy atom. The Balaban J connectivity index is 2.30. The van der Waals surface area contributed by atoms with Crippen molar-refractivity contribution in [1.29, 1.82) is 0 Å². The number of carboxylic acids is 1. The van der Waals surface area contributed by atoms with E-state index in [1.807, 2.05) is 0 Å². The van der Waals surface area contributed by atoms with Crippen LogP contribution < -0.4 is 4.72 Å². The van der Waals surface area contributed by atoms with Crippen molar-refractivity contribution in [3.63, 3.8) is 0 Å². The first-order valence-electron chi connectivity index (χ1n) is 5.79. The van der Waals surface area contributed by atoms with Crippen LogP contribution in [0.3, 0.4) is 0 Å². The molecule has 0 spiro atoms. The van der Waals surface area contributed by atoms with Crippen molar-refractivity contribution in [1.82, 2.24) is 4.72 Å². The van der Waals surface area contributed by atoms with E-state index < -0.39 is 21.5 Å². The molecule has 1 aliphatic carbocycles. The van der Waals surface area contributed by atoms with Gasteiger partial charge < -0.3 is 5.11 Å². The van der Waals surface area contributed by atoms with E-state index in [4.69, 9.17) is 0 Å². The molecule has 0 aliphatic heterocycles. The SMILES string of the molecule is O=C(O)C1(NS(=O)(=O)c2ccccc2)CCCC1. The van der Waals surface area contributed by atoms with E-state index in [2.05, 4.69) is 4.72 Å². The van der Waals surface area contributed by atoms with Gasteiger partial charge in [-0.15, -0.1) is 0 Å². The average Bonchev–Trinajstić information content (AvgIpc) is 2.79. The van der Waals surface area contributed by atoms with E-state index in [9.17, 15) is 18.3 Å². The molecule has 1 aromatic rings. The molecule has 2 N–H and O–H groups in total. The molecule has 0 saturated heterocycles. The predicted octanol–water partition coefficient (Wildman–Crippen LogP) is 1.36. The van der Waals surface area contributed by atoms with Gasteiger partial charge >= 0.3 is 5.97 Å². The molecule has 18 heavy (non-hydrogen) atoms. The lowest BCUT2D eigenvalue weighted by Gasteiger charge is -2.24. The zero-order chi connectivity index (χ0) is 13.2. The highest BCUT2D eigenvalue weighted by molar-refractivity contribution is 7.89. The van der Waals surface area contributed by atoms with E-state index in [-0.39, 0.29) is 4.90 Å². The maximum absolute atomic E-state index is 12.1. The maximum atomic E-state index is 12.1. The van der Waals surface area contributed by atoms with Gasteiger partial charge in [0.1, 0.15) is 5.54 Å². The summed E-state index contributed by atoms with van der Waals surface area (Å²) in [6.45, 7) is 0. The molecule has 1 fully saturated rings. The number of hydrogen-bond acceptors (Lipinski definition) is 3. The van der Waals surface area contributed by atoms with Crippen LogP contribution in [0.1, 0.15) is 25.7 Å². The summed E-state index contributed by atoms with van der Waals surface area (Å²) in [5.74, 6) is -1.10. The Labute approximate surface area is 106 Å². The summed E-state index contributed by atoms with van der Waals surface area (Å²) in [6.07, 6.45) is 2.13. The van der Waals surface area contributed by atoms with Crippen LogP contribution in [0.4, 0.5) is 0 Å². The third kappa shape index (κ3) is 2.39. The van der Waals surface area contributed by atoms with Crippen LogP contribution in [0.15, 0.2) is 35.2 Å². The van der Waals surface area contributed by atoms with E-state index in [0.29, 0.717) is 12.8 Å². The van der Waals surface area contributed by atoms with Gasteiger partial charge in [0.2, 0.25) is 10.0 Å². The van der Waals surface area contributed by atoms with Crippen molar-refractivity contribution in [2.45, 2.75) is 36.1 Å². The van der Waals surface area contributed by atoms with E-state index in [0.717, 1.165) is 12.8 Å². The Hall–Kier alpha value is -1.40. The van der Waals surface area contributed by atoms with Gasteiger partial charge in [0.25, 0.3) is 0 Å². The van der Waals surface area contributed by atoms with E-state index >= 15 is 0 Å². The summed E-state index contributed by atoms with van der Waals surface area (Å²) >= 11 is 0. The summed E-state index contributed by atoms with van der Waals surface area (Å²) in [6, 6.07) is 7.83. The lowest BCUT2D eigenvalue weighted by molar-refractivity contribution is -0.143. The van der Waals surface area contributed by atoms with Gasteiger partial charge in [-0.2, -0.15) is 4.72 Å². The van der Waals surface area contributed by atoms with Crippen LogP contribution in [0.5, 0.6) is 0 Å². The average molecular weight is 269 g/mol. The summed E-state index contributed by atoms with van der Waals surface area (Å²) in [7, 11) is -3.78. The topological polar surface area (TPSA) is 83.5 Å². The molecule has 0 radical (unpaired) electrons. The minimum atomic E-state index is -3.78. The predicted molar refractivity (Wildman–Crippen MR) is 65.6 cm³/mol. The number of carbonyl (C=O) groups is 1. The summed E-state index contributed by atoms with van der Waals surface area (Å²) in [5.41, 5.74) is -1.34. The van der Waals surface area contributed by atoms with Gasteiger partial charge in [0, 0.05) is 0 Å². The van der Waals surface area contributed by atoms with Gasteiger partial charge in [-0.1, -0.05) is 31.0 Å². The molecule has 5 nitrogen and oxygen atoms in total. The quantitative estimate of drug-likeness (QED) is 0.864. The molecular weight excluding hydrogens is 254 g/mol. The number of benzene rings is 1. The van der Waals surface area contributed by atoms with Crippen LogP contribution in [-0.2, 0) is 14.8 Å². The van der Waals surface area contributed by atoms with Crippen LogP contribution in [-0.4, -0.2) is 25.0 Å². The van der Waals surface area contributed by atoms with Crippen LogP contribution in [0.2, 0.25) is 0 Å². The molecule has 2 rings (SSSR count). The van der Waals surface area contributed by atoms with Crippen LogP contribution in [0.25, 0.3) is 0 Å². The van der Waals surface area contributed by atoms with Gasteiger partial charge in [-0.05, 0) is 25.0 Å². The van der Waals surface area contributed by atoms with Crippen LogP contribution >= 0.6 is 0 Å². The summed E-state index contributed by atoms with van der Waals surface area (Å²) in [4.78, 5) is 11.4. The Morgan fingerprint density at radius 1 is 1.17 bits per heavy atom. The normalized spacial score (nSPS) is 18.7. The minimum absolute atomic E-state index is 0.0949. The fraction of sp³-hybridized carbons (Fsp3) is 0.417. The molecule has 98 valence electrons.